The van der Waals surface area contributed by atoms with Crippen LogP contribution >= 0.6 is 0 Å². The molecule has 0 atom stereocenters. The molecule has 0 unspecified atom stereocenters. The molecule has 0 saturated heterocycles. The van der Waals surface area contributed by atoms with Crippen LogP contribution in [0.1, 0.15) is 10.4 Å². The highest BCUT2D eigenvalue weighted by Gasteiger charge is 2.18. The van der Waals surface area contributed by atoms with Crippen LogP contribution in [0.15, 0.2) is 33.5 Å². The Morgan fingerprint density at radius 3 is 2.89 bits per heavy atom. The standard InChI is InChI=1S/C13H12FNO4/c1-15(5-6-16)12(17)9-7-8-3-2-4-10(14)11(8)19-13(9)18/h2-4,7,16H,5-6H2,1H3. The van der Waals surface area contributed by atoms with Crippen molar-refractivity contribution in [2.45, 2.75) is 0 Å². The molecule has 2 aromatic rings. The molecular formula is C13H12FNO4. The van der Waals surface area contributed by atoms with E-state index in [1.807, 2.05) is 0 Å². The Balaban J connectivity index is 2.53. The molecule has 19 heavy (non-hydrogen) atoms. The fourth-order valence-electron chi connectivity index (χ4n) is 1.72. The second-order valence-corrected chi connectivity index (χ2v) is 4.06. The predicted octanol–water partition coefficient (Wildman–Crippen LogP) is 0.996. The lowest BCUT2D eigenvalue weighted by molar-refractivity contribution is 0.0763. The minimum absolute atomic E-state index is 0.0967. The molecule has 6 heteroatoms. The Morgan fingerprint density at radius 1 is 1.47 bits per heavy atom. The average molecular weight is 265 g/mol. The van der Waals surface area contributed by atoms with Crippen LogP contribution in [0.5, 0.6) is 0 Å². The first kappa shape index (κ1) is 13.2. The van der Waals surface area contributed by atoms with Crippen molar-refractivity contribution in [2.24, 2.45) is 0 Å². The molecule has 5 nitrogen and oxygen atoms in total. The summed E-state index contributed by atoms with van der Waals surface area (Å²) >= 11 is 0. The van der Waals surface area contributed by atoms with Crippen molar-refractivity contribution in [2.75, 3.05) is 20.2 Å². The van der Waals surface area contributed by atoms with Crippen LogP contribution in [0.2, 0.25) is 0 Å². The first-order valence-corrected chi connectivity index (χ1v) is 5.63. The SMILES string of the molecule is CN(CCO)C(=O)c1cc2cccc(F)c2oc1=O. The Hall–Kier alpha value is -2.21. The summed E-state index contributed by atoms with van der Waals surface area (Å²) in [5.41, 5.74) is -1.25. The van der Waals surface area contributed by atoms with Gasteiger partial charge in [0.25, 0.3) is 5.91 Å². The summed E-state index contributed by atoms with van der Waals surface area (Å²) in [6.45, 7) is -0.116. The summed E-state index contributed by atoms with van der Waals surface area (Å²) in [6.07, 6.45) is 0. The average Bonchev–Trinajstić information content (AvgIpc) is 2.39. The van der Waals surface area contributed by atoms with Gasteiger partial charge in [0.05, 0.1) is 6.61 Å². The van der Waals surface area contributed by atoms with Crippen molar-refractivity contribution in [3.05, 3.63) is 46.1 Å². The second-order valence-electron chi connectivity index (χ2n) is 4.06. The molecule has 0 radical (unpaired) electrons. The summed E-state index contributed by atoms with van der Waals surface area (Å²) in [5.74, 6) is -1.23. The number of halogens is 1. The van der Waals surface area contributed by atoms with Crippen molar-refractivity contribution in [3.8, 4) is 0 Å². The van der Waals surface area contributed by atoms with Crippen LogP contribution in [0.25, 0.3) is 11.0 Å². The van der Waals surface area contributed by atoms with Crippen molar-refractivity contribution in [1.82, 2.24) is 4.90 Å². The van der Waals surface area contributed by atoms with Crippen LogP contribution in [0.4, 0.5) is 4.39 Å². The number of benzene rings is 1. The number of para-hydroxylation sites is 1. The zero-order valence-corrected chi connectivity index (χ0v) is 10.2. The molecule has 0 saturated carbocycles. The van der Waals surface area contributed by atoms with E-state index in [-0.39, 0.29) is 24.3 Å². The first-order chi connectivity index (χ1) is 9.04. The van der Waals surface area contributed by atoms with Gasteiger partial charge in [0, 0.05) is 19.0 Å². The highest BCUT2D eigenvalue weighted by atomic mass is 19.1. The number of hydrogen-bond acceptors (Lipinski definition) is 4. The van der Waals surface area contributed by atoms with Gasteiger partial charge in [-0.2, -0.15) is 0 Å². The Kier molecular flexibility index (Phi) is 3.62. The van der Waals surface area contributed by atoms with Gasteiger partial charge in [-0.05, 0) is 12.1 Å². The van der Waals surface area contributed by atoms with Gasteiger partial charge in [0.1, 0.15) is 5.56 Å². The number of nitrogens with zero attached hydrogens (tertiary/aromatic N) is 1. The molecule has 0 aliphatic heterocycles. The van der Waals surface area contributed by atoms with Gasteiger partial charge >= 0.3 is 5.63 Å². The van der Waals surface area contributed by atoms with E-state index in [0.29, 0.717) is 5.39 Å². The minimum atomic E-state index is -0.896. The number of aliphatic hydroxyl groups is 1. The van der Waals surface area contributed by atoms with E-state index in [1.165, 1.54) is 30.1 Å². The number of likely N-dealkylation sites (N-methyl/N-ethyl adjacent to an activating group) is 1. The van der Waals surface area contributed by atoms with Gasteiger partial charge in [0.2, 0.25) is 0 Å². The fraction of sp³-hybridized carbons (Fsp3) is 0.231. The zero-order chi connectivity index (χ0) is 14.0. The molecule has 0 bridgehead atoms. The minimum Gasteiger partial charge on any atom is -0.419 e. The Bertz CT molecular complexity index is 680. The van der Waals surface area contributed by atoms with Gasteiger partial charge in [-0.3, -0.25) is 4.79 Å². The summed E-state index contributed by atoms with van der Waals surface area (Å²) in [6, 6.07) is 5.47. The number of carbonyl (C=O) groups is 1. The Labute approximate surface area is 107 Å². The quantitative estimate of drug-likeness (QED) is 0.840. The largest absolute Gasteiger partial charge is 0.419 e. The molecule has 2 rings (SSSR count). The molecule has 1 amide bonds. The molecule has 100 valence electrons. The summed E-state index contributed by atoms with van der Waals surface area (Å²) in [4.78, 5) is 24.8. The van der Waals surface area contributed by atoms with E-state index in [9.17, 15) is 14.0 Å². The normalized spacial score (nSPS) is 10.7. The van der Waals surface area contributed by atoms with Gasteiger partial charge in [-0.25, -0.2) is 9.18 Å². The topological polar surface area (TPSA) is 70.8 Å². The highest BCUT2D eigenvalue weighted by molar-refractivity contribution is 5.96. The molecule has 0 spiro atoms. The van der Waals surface area contributed by atoms with Crippen molar-refractivity contribution >= 4 is 16.9 Å². The molecule has 1 heterocycles. The predicted molar refractivity (Wildman–Crippen MR) is 66.5 cm³/mol. The highest BCUT2D eigenvalue weighted by Crippen LogP contribution is 2.17. The maximum Gasteiger partial charge on any atom is 0.349 e. The van der Waals surface area contributed by atoms with Crippen molar-refractivity contribution in [1.29, 1.82) is 0 Å². The number of fused-ring (bicyclic) bond motifs is 1. The van der Waals surface area contributed by atoms with E-state index in [2.05, 4.69) is 0 Å². The maximum absolute atomic E-state index is 13.4. The van der Waals surface area contributed by atoms with Crippen LogP contribution in [-0.2, 0) is 0 Å². The lowest BCUT2D eigenvalue weighted by atomic mass is 10.1. The number of amides is 1. The third-order valence-corrected chi connectivity index (χ3v) is 2.72. The van der Waals surface area contributed by atoms with E-state index in [0.717, 1.165) is 0 Å². The lowest BCUT2D eigenvalue weighted by Gasteiger charge is -2.14. The fourth-order valence-corrected chi connectivity index (χ4v) is 1.72. The van der Waals surface area contributed by atoms with Crippen LogP contribution in [0.3, 0.4) is 0 Å². The van der Waals surface area contributed by atoms with E-state index < -0.39 is 17.3 Å². The number of rotatable bonds is 3. The van der Waals surface area contributed by atoms with Gasteiger partial charge in [-0.1, -0.05) is 12.1 Å². The molecule has 1 N–H and O–H groups in total. The summed E-state index contributed by atoms with van der Waals surface area (Å²) in [7, 11) is 1.45. The van der Waals surface area contributed by atoms with Gasteiger partial charge in [-0.15, -0.1) is 0 Å². The smallest absolute Gasteiger partial charge is 0.349 e. The van der Waals surface area contributed by atoms with Crippen LogP contribution < -0.4 is 5.63 Å². The molecule has 0 aliphatic carbocycles. The van der Waals surface area contributed by atoms with Crippen LogP contribution in [-0.4, -0.2) is 36.1 Å². The third kappa shape index (κ3) is 2.48. The van der Waals surface area contributed by atoms with Crippen molar-refractivity contribution < 1.29 is 18.7 Å². The van der Waals surface area contributed by atoms with Gasteiger partial charge < -0.3 is 14.4 Å². The molecule has 1 aromatic carbocycles. The number of hydrogen-bond donors (Lipinski definition) is 1. The summed E-state index contributed by atoms with van der Waals surface area (Å²) in [5, 5.41) is 9.10. The van der Waals surface area contributed by atoms with E-state index >= 15 is 0 Å². The monoisotopic (exact) mass is 265 g/mol. The Morgan fingerprint density at radius 2 is 2.21 bits per heavy atom. The lowest BCUT2D eigenvalue weighted by Crippen LogP contribution is -2.32. The summed E-state index contributed by atoms with van der Waals surface area (Å²) < 4.78 is 18.2. The van der Waals surface area contributed by atoms with Crippen LogP contribution in [0, 0.1) is 5.82 Å². The number of aliphatic hydroxyl groups excluding tert-OH is 1. The zero-order valence-electron chi connectivity index (χ0n) is 10.2. The molecule has 0 aliphatic rings. The number of carbonyl (C=O) groups excluding carboxylic acids is 1. The van der Waals surface area contributed by atoms with Gasteiger partial charge in [0.15, 0.2) is 11.4 Å². The molecular weight excluding hydrogens is 253 g/mol. The molecule has 1 aromatic heterocycles. The maximum atomic E-state index is 13.4. The van der Waals surface area contributed by atoms with Crippen molar-refractivity contribution in [3.63, 3.8) is 0 Å². The molecule has 0 fully saturated rings. The second kappa shape index (κ2) is 5.19. The van der Waals surface area contributed by atoms with E-state index in [1.54, 1.807) is 6.07 Å². The first-order valence-electron chi connectivity index (χ1n) is 5.63. The third-order valence-electron chi connectivity index (χ3n) is 2.72. The van der Waals surface area contributed by atoms with E-state index in [4.69, 9.17) is 9.52 Å².